The van der Waals surface area contributed by atoms with Gasteiger partial charge in [-0.1, -0.05) is 18.6 Å². The largest absolute Gasteiger partial charge is 0.361 e. The van der Waals surface area contributed by atoms with Gasteiger partial charge in [-0.05, 0) is 36.8 Å². The Morgan fingerprint density at radius 2 is 2.28 bits per heavy atom. The Balaban J connectivity index is 1.71. The van der Waals surface area contributed by atoms with E-state index in [1.54, 1.807) is 0 Å². The number of thioether (sulfide) groups is 1. The van der Waals surface area contributed by atoms with Crippen molar-refractivity contribution in [2.24, 2.45) is 0 Å². The van der Waals surface area contributed by atoms with Crippen molar-refractivity contribution in [3.05, 3.63) is 36.0 Å². The van der Waals surface area contributed by atoms with Gasteiger partial charge in [0.1, 0.15) is 0 Å². The highest BCUT2D eigenvalue weighted by molar-refractivity contribution is 7.99. The lowest BCUT2D eigenvalue weighted by Crippen LogP contribution is -2.33. The monoisotopic (exact) mass is 260 g/mol. The van der Waals surface area contributed by atoms with Crippen molar-refractivity contribution in [1.82, 2.24) is 10.3 Å². The Morgan fingerprint density at radius 3 is 3.17 bits per heavy atom. The molecule has 1 fully saturated rings. The summed E-state index contributed by atoms with van der Waals surface area (Å²) in [6.07, 6.45) is 8.32. The van der Waals surface area contributed by atoms with Gasteiger partial charge in [-0.3, -0.25) is 0 Å². The van der Waals surface area contributed by atoms with Crippen molar-refractivity contribution in [3.63, 3.8) is 0 Å². The van der Waals surface area contributed by atoms with E-state index in [2.05, 4.69) is 40.8 Å². The Labute approximate surface area is 113 Å². The average Bonchev–Trinajstić information content (AvgIpc) is 3.04. The fraction of sp³-hybridized carbons (Fsp3) is 0.467. The van der Waals surface area contributed by atoms with E-state index in [1.165, 1.54) is 35.7 Å². The van der Waals surface area contributed by atoms with Gasteiger partial charge in [-0.25, -0.2) is 0 Å². The highest BCUT2D eigenvalue weighted by Crippen LogP contribution is 2.28. The van der Waals surface area contributed by atoms with Crippen LogP contribution in [0.25, 0.3) is 10.9 Å². The highest BCUT2D eigenvalue weighted by atomic mass is 32.2. The number of H-pyrrole nitrogens is 1. The maximum Gasteiger partial charge on any atom is 0.0457 e. The maximum absolute atomic E-state index is 3.75. The number of benzene rings is 1. The third-order valence-corrected chi connectivity index (χ3v) is 5.16. The number of nitrogens with one attached hydrogen (secondary N) is 2. The quantitative estimate of drug-likeness (QED) is 0.880. The number of hydrogen-bond donors (Lipinski definition) is 2. The van der Waals surface area contributed by atoms with Crippen LogP contribution in [0, 0.1) is 0 Å². The van der Waals surface area contributed by atoms with Crippen molar-refractivity contribution in [3.8, 4) is 0 Å². The van der Waals surface area contributed by atoms with Crippen LogP contribution in [-0.4, -0.2) is 22.5 Å². The molecule has 0 saturated heterocycles. The summed E-state index contributed by atoms with van der Waals surface area (Å²) in [5.41, 5.74) is 2.64. The van der Waals surface area contributed by atoms with E-state index in [-0.39, 0.29) is 0 Å². The molecule has 2 N–H and O–H groups in total. The zero-order chi connectivity index (χ0) is 12.4. The van der Waals surface area contributed by atoms with Crippen LogP contribution >= 0.6 is 11.8 Å². The van der Waals surface area contributed by atoms with E-state index in [1.807, 2.05) is 18.0 Å². The number of hydrogen-bond acceptors (Lipinski definition) is 2. The highest BCUT2D eigenvalue weighted by Gasteiger charge is 2.25. The predicted molar refractivity (Wildman–Crippen MR) is 80.1 cm³/mol. The summed E-state index contributed by atoms with van der Waals surface area (Å²) in [5, 5.41) is 5.90. The second kappa shape index (κ2) is 5.37. The molecule has 1 aliphatic carbocycles. The van der Waals surface area contributed by atoms with Crippen LogP contribution in [0.15, 0.2) is 30.5 Å². The van der Waals surface area contributed by atoms with E-state index in [4.69, 9.17) is 0 Å². The molecule has 2 nitrogen and oxygen atoms in total. The zero-order valence-corrected chi connectivity index (χ0v) is 11.6. The maximum atomic E-state index is 3.75. The smallest absolute Gasteiger partial charge is 0.0457 e. The van der Waals surface area contributed by atoms with Gasteiger partial charge in [-0.15, -0.1) is 0 Å². The van der Waals surface area contributed by atoms with Gasteiger partial charge >= 0.3 is 0 Å². The van der Waals surface area contributed by atoms with E-state index in [9.17, 15) is 0 Å². The predicted octanol–water partition coefficient (Wildman–Crippen LogP) is 3.54. The topological polar surface area (TPSA) is 27.8 Å². The third kappa shape index (κ3) is 2.29. The van der Waals surface area contributed by atoms with Crippen LogP contribution in [0.5, 0.6) is 0 Å². The van der Waals surface area contributed by atoms with E-state index < -0.39 is 0 Å². The van der Waals surface area contributed by atoms with Crippen LogP contribution in [-0.2, 0) is 6.54 Å². The summed E-state index contributed by atoms with van der Waals surface area (Å²) in [6.45, 7) is 0.983. The van der Waals surface area contributed by atoms with Crippen molar-refractivity contribution >= 4 is 22.7 Å². The van der Waals surface area contributed by atoms with Gasteiger partial charge in [0.05, 0.1) is 0 Å². The Hall–Kier alpha value is -0.930. The first-order valence-electron chi connectivity index (χ1n) is 6.69. The van der Waals surface area contributed by atoms with Crippen molar-refractivity contribution < 1.29 is 0 Å². The molecule has 1 heterocycles. The number of fused-ring (bicyclic) bond motifs is 1. The first-order valence-corrected chi connectivity index (χ1v) is 7.98. The van der Waals surface area contributed by atoms with Crippen LogP contribution in [0.1, 0.15) is 24.8 Å². The van der Waals surface area contributed by atoms with Crippen LogP contribution < -0.4 is 5.32 Å². The number of aromatic nitrogens is 1. The minimum absolute atomic E-state index is 0.689. The average molecular weight is 260 g/mol. The fourth-order valence-corrected chi connectivity index (χ4v) is 3.95. The first-order chi connectivity index (χ1) is 8.88. The molecule has 0 amide bonds. The molecule has 0 aliphatic heterocycles. The molecule has 2 atom stereocenters. The minimum atomic E-state index is 0.689. The summed E-state index contributed by atoms with van der Waals surface area (Å²) in [5.74, 6) is 0. The molecule has 1 aromatic carbocycles. The van der Waals surface area contributed by atoms with Gasteiger partial charge in [0.15, 0.2) is 0 Å². The normalized spacial score (nSPS) is 23.8. The molecule has 2 unspecified atom stereocenters. The lowest BCUT2D eigenvalue weighted by Gasteiger charge is -2.19. The van der Waals surface area contributed by atoms with Crippen molar-refractivity contribution in [2.75, 3.05) is 6.26 Å². The molecule has 1 saturated carbocycles. The Morgan fingerprint density at radius 1 is 1.33 bits per heavy atom. The molecule has 0 spiro atoms. The molecule has 3 rings (SSSR count). The Kier molecular flexibility index (Phi) is 3.62. The fourth-order valence-electron chi connectivity index (χ4n) is 2.99. The summed E-state index contributed by atoms with van der Waals surface area (Å²) >= 11 is 2.01. The lowest BCUT2D eigenvalue weighted by atomic mass is 10.1. The van der Waals surface area contributed by atoms with Crippen molar-refractivity contribution in [2.45, 2.75) is 37.1 Å². The third-order valence-electron chi connectivity index (χ3n) is 4.00. The molecule has 1 aliphatic rings. The van der Waals surface area contributed by atoms with Crippen LogP contribution in [0.4, 0.5) is 0 Å². The standard InChI is InChI=1S/C15H20N2S/c1-18-15-7-3-6-14(15)17-10-11-4-2-5-13-12(11)8-9-16-13/h2,4-5,8-9,14-17H,3,6-7,10H2,1H3. The van der Waals surface area contributed by atoms with E-state index in [0.29, 0.717) is 6.04 Å². The summed E-state index contributed by atoms with van der Waals surface area (Å²) in [7, 11) is 0. The SMILES string of the molecule is CSC1CCCC1NCc1cccc2[nH]ccc12. The summed E-state index contributed by atoms with van der Waals surface area (Å²) in [6, 6.07) is 9.36. The van der Waals surface area contributed by atoms with Gasteiger partial charge in [-0.2, -0.15) is 11.8 Å². The molecular formula is C15H20N2S. The van der Waals surface area contributed by atoms with E-state index >= 15 is 0 Å². The van der Waals surface area contributed by atoms with Gasteiger partial charge in [0.2, 0.25) is 0 Å². The second-order valence-corrected chi connectivity index (χ2v) is 6.13. The zero-order valence-electron chi connectivity index (χ0n) is 10.8. The Bertz CT molecular complexity index is 520. The number of rotatable bonds is 4. The molecular weight excluding hydrogens is 240 g/mol. The first kappa shape index (κ1) is 12.1. The molecule has 0 radical (unpaired) electrons. The molecule has 18 heavy (non-hydrogen) atoms. The second-order valence-electron chi connectivity index (χ2n) is 5.05. The molecule has 1 aromatic heterocycles. The van der Waals surface area contributed by atoms with Gasteiger partial charge in [0, 0.05) is 34.9 Å². The summed E-state index contributed by atoms with van der Waals surface area (Å²) < 4.78 is 0. The summed E-state index contributed by atoms with van der Waals surface area (Å²) in [4.78, 5) is 3.28. The van der Waals surface area contributed by atoms with Gasteiger partial charge in [0.25, 0.3) is 0 Å². The molecule has 3 heteroatoms. The van der Waals surface area contributed by atoms with Crippen LogP contribution in [0.3, 0.4) is 0 Å². The molecule has 2 aromatic rings. The number of aromatic amines is 1. The van der Waals surface area contributed by atoms with E-state index in [0.717, 1.165) is 11.8 Å². The van der Waals surface area contributed by atoms with Gasteiger partial charge < -0.3 is 10.3 Å². The lowest BCUT2D eigenvalue weighted by molar-refractivity contribution is 0.534. The minimum Gasteiger partial charge on any atom is -0.361 e. The molecule has 96 valence electrons. The molecule has 0 bridgehead atoms. The van der Waals surface area contributed by atoms with Crippen LogP contribution in [0.2, 0.25) is 0 Å². The van der Waals surface area contributed by atoms with Crippen molar-refractivity contribution in [1.29, 1.82) is 0 Å².